The number of hydrogen-bond donors (Lipinski definition) is 0. The number of carbonyl (C=O) groups is 1. The molecule has 0 saturated carbocycles. The fourth-order valence-electron chi connectivity index (χ4n) is 1.67. The Morgan fingerprint density at radius 2 is 1.44 bits per heavy atom. The van der Waals surface area contributed by atoms with E-state index >= 15 is 0 Å². The first-order chi connectivity index (χ1) is 8.49. The average molecular weight is 250 g/mol. The van der Waals surface area contributed by atoms with Crippen LogP contribution >= 0.6 is 0 Å². The van der Waals surface area contributed by atoms with Gasteiger partial charge in [-0.05, 0) is 30.2 Å². The van der Waals surface area contributed by atoms with Crippen LogP contribution in [0.15, 0.2) is 36.4 Å². The van der Waals surface area contributed by atoms with Gasteiger partial charge in [-0.2, -0.15) is 4.39 Å². The molecule has 0 spiro atoms. The third-order valence-corrected chi connectivity index (χ3v) is 2.62. The summed E-state index contributed by atoms with van der Waals surface area (Å²) in [6.07, 6.45) is 0. The molecule has 0 amide bonds. The standard InChI is InChI=1S/C14H9F3O/c1-8-2-4-9(5-3-8)10-6-11(15)13(14(17)18)12(16)7-10/h2-7H,1H3. The molecular formula is C14H9F3O. The van der Waals surface area contributed by atoms with Crippen molar-refractivity contribution in [2.45, 2.75) is 6.92 Å². The highest BCUT2D eigenvalue weighted by molar-refractivity contribution is 5.89. The molecule has 92 valence electrons. The van der Waals surface area contributed by atoms with Gasteiger partial charge in [0.2, 0.25) is 0 Å². The van der Waals surface area contributed by atoms with E-state index in [1.165, 1.54) is 0 Å². The van der Waals surface area contributed by atoms with Crippen LogP contribution in [0.5, 0.6) is 0 Å². The predicted molar refractivity (Wildman–Crippen MR) is 62.0 cm³/mol. The van der Waals surface area contributed by atoms with Crippen LogP contribution in [0.2, 0.25) is 0 Å². The van der Waals surface area contributed by atoms with Gasteiger partial charge in [-0.3, -0.25) is 4.79 Å². The Balaban J connectivity index is 2.54. The molecule has 0 aromatic heterocycles. The van der Waals surface area contributed by atoms with Crippen LogP contribution in [0.1, 0.15) is 15.9 Å². The van der Waals surface area contributed by atoms with Gasteiger partial charge in [0.15, 0.2) is 0 Å². The highest BCUT2D eigenvalue weighted by atomic mass is 19.2. The van der Waals surface area contributed by atoms with E-state index in [0.29, 0.717) is 5.56 Å². The van der Waals surface area contributed by atoms with Gasteiger partial charge in [0.25, 0.3) is 0 Å². The molecule has 0 heterocycles. The normalized spacial score (nSPS) is 10.4. The van der Waals surface area contributed by atoms with Crippen LogP contribution in [0.25, 0.3) is 11.1 Å². The van der Waals surface area contributed by atoms with Crippen molar-refractivity contribution in [2.24, 2.45) is 0 Å². The Bertz CT molecular complexity index is 580. The zero-order valence-corrected chi connectivity index (χ0v) is 9.51. The summed E-state index contributed by atoms with van der Waals surface area (Å²) in [6.45, 7) is 1.88. The fraction of sp³-hybridized carbons (Fsp3) is 0.0714. The number of rotatable bonds is 2. The molecule has 1 nitrogen and oxygen atoms in total. The van der Waals surface area contributed by atoms with Gasteiger partial charge in [0.1, 0.15) is 17.2 Å². The molecule has 0 aliphatic carbocycles. The molecule has 0 aliphatic heterocycles. The largest absolute Gasteiger partial charge is 0.338 e. The van der Waals surface area contributed by atoms with E-state index in [-0.39, 0.29) is 5.56 Å². The Hall–Kier alpha value is -2.10. The molecule has 0 radical (unpaired) electrons. The summed E-state index contributed by atoms with van der Waals surface area (Å²) in [4.78, 5) is 10.4. The summed E-state index contributed by atoms with van der Waals surface area (Å²) >= 11 is 0. The van der Waals surface area contributed by atoms with Crippen molar-refractivity contribution in [1.82, 2.24) is 0 Å². The second kappa shape index (κ2) is 4.64. The lowest BCUT2D eigenvalue weighted by molar-refractivity contribution is 0.0826. The van der Waals surface area contributed by atoms with Crippen molar-refractivity contribution in [3.05, 3.63) is 59.2 Å². The summed E-state index contributed by atoms with van der Waals surface area (Å²) in [6, 6.07) is 6.75. The van der Waals surface area contributed by atoms with Crippen molar-refractivity contribution >= 4 is 6.04 Å². The predicted octanol–water partition coefficient (Wildman–Crippen LogP) is 4.05. The van der Waals surface area contributed by atoms with Gasteiger partial charge in [0.05, 0.1) is 0 Å². The molecule has 0 aliphatic rings. The van der Waals surface area contributed by atoms with Crippen molar-refractivity contribution < 1.29 is 18.0 Å². The lowest BCUT2D eigenvalue weighted by Crippen LogP contribution is -2.01. The fourth-order valence-corrected chi connectivity index (χ4v) is 1.67. The minimum Gasteiger partial charge on any atom is -0.255 e. The van der Waals surface area contributed by atoms with Crippen LogP contribution in [-0.2, 0) is 0 Å². The van der Waals surface area contributed by atoms with Gasteiger partial charge in [-0.1, -0.05) is 29.8 Å². The second-order valence-electron chi connectivity index (χ2n) is 3.95. The summed E-state index contributed by atoms with van der Waals surface area (Å²) in [5.41, 5.74) is 0.715. The van der Waals surface area contributed by atoms with Gasteiger partial charge in [-0.15, -0.1) is 0 Å². The highest BCUT2D eigenvalue weighted by Gasteiger charge is 2.18. The monoisotopic (exact) mass is 250 g/mol. The summed E-state index contributed by atoms with van der Waals surface area (Å²) in [5, 5.41) is 0. The van der Waals surface area contributed by atoms with Gasteiger partial charge in [-0.25, -0.2) is 8.78 Å². The molecule has 0 N–H and O–H groups in total. The Morgan fingerprint density at radius 1 is 0.944 bits per heavy atom. The maximum Gasteiger partial charge on any atom is 0.338 e. The third kappa shape index (κ3) is 2.27. The molecule has 0 atom stereocenters. The molecule has 0 saturated heterocycles. The molecule has 0 unspecified atom stereocenters. The minimum absolute atomic E-state index is 0.259. The summed E-state index contributed by atoms with van der Waals surface area (Å²) in [5.74, 6) is -2.39. The Kier molecular flexibility index (Phi) is 3.19. The van der Waals surface area contributed by atoms with E-state index in [2.05, 4.69) is 0 Å². The summed E-state index contributed by atoms with van der Waals surface area (Å²) < 4.78 is 39.3. The SMILES string of the molecule is Cc1ccc(-c2cc(F)c(C(=O)F)c(F)c2)cc1. The smallest absolute Gasteiger partial charge is 0.255 e. The topological polar surface area (TPSA) is 17.1 Å². The average Bonchev–Trinajstić information content (AvgIpc) is 2.28. The highest BCUT2D eigenvalue weighted by Crippen LogP contribution is 2.25. The van der Waals surface area contributed by atoms with E-state index in [1.807, 2.05) is 6.92 Å². The van der Waals surface area contributed by atoms with E-state index in [0.717, 1.165) is 17.7 Å². The first kappa shape index (κ1) is 12.4. The van der Waals surface area contributed by atoms with Crippen LogP contribution in [0, 0.1) is 18.6 Å². The van der Waals surface area contributed by atoms with Crippen molar-refractivity contribution in [2.75, 3.05) is 0 Å². The number of benzene rings is 2. The van der Waals surface area contributed by atoms with E-state index in [1.54, 1.807) is 24.3 Å². The van der Waals surface area contributed by atoms with Gasteiger partial charge < -0.3 is 0 Å². The molecule has 2 rings (SSSR count). The van der Waals surface area contributed by atoms with Crippen molar-refractivity contribution in [3.63, 3.8) is 0 Å². The van der Waals surface area contributed by atoms with Crippen molar-refractivity contribution in [3.8, 4) is 11.1 Å². The quantitative estimate of drug-likeness (QED) is 0.735. The molecule has 0 fully saturated rings. The van der Waals surface area contributed by atoms with Crippen LogP contribution in [-0.4, -0.2) is 6.04 Å². The molecular weight excluding hydrogens is 241 g/mol. The number of hydrogen-bond acceptors (Lipinski definition) is 1. The van der Waals surface area contributed by atoms with E-state index in [4.69, 9.17) is 0 Å². The first-order valence-corrected chi connectivity index (χ1v) is 5.25. The Morgan fingerprint density at radius 3 is 1.89 bits per heavy atom. The lowest BCUT2D eigenvalue weighted by Gasteiger charge is -2.05. The van der Waals surface area contributed by atoms with Crippen molar-refractivity contribution in [1.29, 1.82) is 0 Å². The zero-order chi connectivity index (χ0) is 13.3. The van der Waals surface area contributed by atoms with Gasteiger partial charge in [0, 0.05) is 0 Å². The second-order valence-corrected chi connectivity index (χ2v) is 3.95. The van der Waals surface area contributed by atoms with Crippen LogP contribution < -0.4 is 0 Å². The van der Waals surface area contributed by atoms with E-state index in [9.17, 15) is 18.0 Å². The van der Waals surface area contributed by atoms with E-state index < -0.39 is 23.2 Å². The molecule has 4 heteroatoms. The zero-order valence-electron chi connectivity index (χ0n) is 9.51. The Labute approximate surface area is 102 Å². The molecule has 2 aromatic rings. The molecule has 0 bridgehead atoms. The van der Waals surface area contributed by atoms with Crippen LogP contribution in [0.3, 0.4) is 0 Å². The van der Waals surface area contributed by atoms with Crippen LogP contribution in [0.4, 0.5) is 13.2 Å². The maximum atomic E-state index is 13.4. The lowest BCUT2D eigenvalue weighted by atomic mass is 10.0. The minimum atomic E-state index is -2.11. The first-order valence-electron chi connectivity index (χ1n) is 5.25. The number of halogens is 3. The third-order valence-electron chi connectivity index (χ3n) is 2.62. The molecule has 2 aromatic carbocycles. The maximum absolute atomic E-state index is 13.4. The number of aryl methyl sites for hydroxylation is 1. The van der Waals surface area contributed by atoms with Gasteiger partial charge >= 0.3 is 6.04 Å². The molecule has 18 heavy (non-hydrogen) atoms. The summed E-state index contributed by atoms with van der Waals surface area (Å²) in [7, 11) is 0. The number of carbonyl (C=O) groups excluding carboxylic acids is 1.